The maximum absolute atomic E-state index is 5.85. The van der Waals surface area contributed by atoms with Crippen LogP contribution in [0.4, 0.5) is 0 Å². The fourth-order valence-electron chi connectivity index (χ4n) is 1.90. The molecule has 0 spiro atoms. The maximum atomic E-state index is 5.85. The van der Waals surface area contributed by atoms with Crippen LogP contribution in [0.15, 0.2) is 6.20 Å². The SMILES string of the molecule is CN(Cc1ncc(Cl)s1)C(CN)C1CC1. The van der Waals surface area contributed by atoms with Crippen LogP contribution in [0.5, 0.6) is 0 Å². The average Bonchev–Trinajstić information content (AvgIpc) is 2.93. The molecule has 1 aliphatic carbocycles. The van der Waals surface area contributed by atoms with Crippen molar-refractivity contribution in [2.45, 2.75) is 25.4 Å². The lowest BCUT2D eigenvalue weighted by atomic mass is 10.1. The average molecular weight is 246 g/mol. The van der Waals surface area contributed by atoms with E-state index in [4.69, 9.17) is 17.3 Å². The van der Waals surface area contributed by atoms with Gasteiger partial charge in [0, 0.05) is 12.6 Å². The first-order chi connectivity index (χ1) is 7.20. The first-order valence-corrected chi connectivity index (χ1v) is 6.40. The zero-order valence-corrected chi connectivity index (χ0v) is 10.4. The van der Waals surface area contributed by atoms with E-state index >= 15 is 0 Å². The highest BCUT2D eigenvalue weighted by Gasteiger charge is 2.32. The van der Waals surface area contributed by atoms with Crippen molar-refractivity contribution in [1.29, 1.82) is 0 Å². The number of nitrogens with two attached hydrogens (primary N) is 1. The van der Waals surface area contributed by atoms with Crippen LogP contribution in [-0.2, 0) is 6.54 Å². The van der Waals surface area contributed by atoms with Crippen molar-refractivity contribution in [3.05, 3.63) is 15.5 Å². The summed E-state index contributed by atoms with van der Waals surface area (Å²) in [6.07, 6.45) is 4.36. The lowest BCUT2D eigenvalue weighted by Crippen LogP contribution is -2.39. The van der Waals surface area contributed by atoms with Crippen molar-refractivity contribution in [2.24, 2.45) is 11.7 Å². The van der Waals surface area contributed by atoms with E-state index in [0.29, 0.717) is 6.04 Å². The van der Waals surface area contributed by atoms with Crippen LogP contribution >= 0.6 is 22.9 Å². The zero-order valence-electron chi connectivity index (χ0n) is 8.82. The Kier molecular flexibility index (Phi) is 3.61. The highest BCUT2D eigenvalue weighted by Crippen LogP contribution is 2.35. The van der Waals surface area contributed by atoms with Crippen LogP contribution in [0.25, 0.3) is 0 Å². The summed E-state index contributed by atoms with van der Waals surface area (Å²) in [4.78, 5) is 6.55. The molecule has 1 saturated carbocycles. The van der Waals surface area contributed by atoms with E-state index in [1.165, 1.54) is 12.8 Å². The van der Waals surface area contributed by atoms with E-state index < -0.39 is 0 Å². The Morgan fingerprint density at radius 2 is 2.47 bits per heavy atom. The summed E-state index contributed by atoms with van der Waals surface area (Å²) in [6.45, 7) is 1.59. The Bertz CT molecular complexity index is 324. The van der Waals surface area contributed by atoms with Crippen molar-refractivity contribution in [2.75, 3.05) is 13.6 Å². The third kappa shape index (κ3) is 2.91. The molecule has 1 aromatic rings. The lowest BCUT2D eigenvalue weighted by molar-refractivity contribution is 0.215. The summed E-state index contributed by atoms with van der Waals surface area (Å²) in [5, 5.41) is 1.07. The van der Waals surface area contributed by atoms with Crippen molar-refractivity contribution >= 4 is 22.9 Å². The van der Waals surface area contributed by atoms with Gasteiger partial charge in [0.05, 0.1) is 12.7 Å². The highest BCUT2D eigenvalue weighted by molar-refractivity contribution is 7.15. The van der Waals surface area contributed by atoms with Crippen molar-refractivity contribution in [1.82, 2.24) is 9.88 Å². The van der Waals surface area contributed by atoms with E-state index in [-0.39, 0.29) is 0 Å². The number of rotatable bonds is 5. The molecule has 1 aromatic heterocycles. The van der Waals surface area contributed by atoms with Gasteiger partial charge in [-0.25, -0.2) is 4.98 Å². The van der Waals surface area contributed by atoms with Gasteiger partial charge in [0.15, 0.2) is 0 Å². The number of halogens is 1. The van der Waals surface area contributed by atoms with Gasteiger partial charge in [-0.1, -0.05) is 11.6 Å². The van der Waals surface area contributed by atoms with Gasteiger partial charge in [0.2, 0.25) is 0 Å². The maximum Gasteiger partial charge on any atom is 0.113 e. The molecule has 1 fully saturated rings. The number of hydrogen-bond donors (Lipinski definition) is 1. The predicted molar refractivity (Wildman–Crippen MR) is 64.2 cm³/mol. The largest absolute Gasteiger partial charge is 0.329 e. The van der Waals surface area contributed by atoms with Crippen molar-refractivity contribution in [3.8, 4) is 0 Å². The predicted octanol–water partition coefficient (Wildman–Crippen LogP) is 1.97. The molecular weight excluding hydrogens is 230 g/mol. The number of aromatic nitrogens is 1. The second-order valence-electron chi connectivity index (χ2n) is 4.11. The fraction of sp³-hybridized carbons (Fsp3) is 0.700. The third-order valence-corrected chi connectivity index (χ3v) is 3.98. The van der Waals surface area contributed by atoms with Gasteiger partial charge in [-0.05, 0) is 25.8 Å². The van der Waals surface area contributed by atoms with E-state index in [2.05, 4.69) is 16.9 Å². The van der Waals surface area contributed by atoms with Crippen LogP contribution in [0, 0.1) is 5.92 Å². The Labute approximate surface area is 99.2 Å². The molecule has 0 bridgehead atoms. The molecule has 5 heteroatoms. The molecular formula is C10H16ClN3S. The first-order valence-electron chi connectivity index (χ1n) is 5.21. The molecule has 0 amide bonds. The van der Waals surface area contributed by atoms with Crippen LogP contribution in [0.1, 0.15) is 17.8 Å². The topological polar surface area (TPSA) is 42.2 Å². The minimum absolute atomic E-state index is 0.507. The standard InChI is InChI=1S/C10H16ClN3S/c1-14(8(4-12)7-2-3-7)6-10-13-5-9(11)15-10/h5,7-8H,2-4,6,12H2,1H3. The monoisotopic (exact) mass is 245 g/mol. The lowest BCUT2D eigenvalue weighted by Gasteiger charge is -2.25. The van der Waals surface area contributed by atoms with Crippen LogP contribution in [0.2, 0.25) is 4.34 Å². The molecule has 3 nitrogen and oxygen atoms in total. The number of nitrogens with zero attached hydrogens (tertiary/aromatic N) is 2. The third-order valence-electron chi connectivity index (χ3n) is 2.88. The van der Waals surface area contributed by atoms with Crippen LogP contribution < -0.4 is 5.73 Å². The molecule has 2 N–H and O–H groups in total. The van der Waals surface area contributed by atoms with Gasteiger partial charge in [-0.15, -0.1) is 11.3 Å². The van der Waals surface area contributed by atoms with Gasteiger partial charge in [-0.2, -0.15) is 0 Å². The van der Waals surface area contributed by atoms with Crippen LogP contribution in [0.3, 0.4) is 0 Å². The summed E-state index contributed by atoms with van der Waals surface area (Å²) in [6, 6.07) is 0.507. The van der Waals surface area contributed by atoms with Gasteiger partial charge in [-0.3, -0.25) is 4.90 Å². The van der Waals surface area contributed by atoms with Crippen molar-refractivity contribution < 1.29 is 0 Å². The van der Waals surface area contributed by atoms with Crippen molar-refractivity contribution in [3.63, 3.8) is 0 Å². The summed E-state index contributed by atoms with van der Waals surface area (Å²) >= 11 is 7.39. The van der Waals surface area contributed by atoms with E-state index in [1.807, 2.05) is 0 Å². The molecule has 0 aromatic carbocycles. The molecule has 2 rings (SSSR count). The molecule has 15 heavy (non-hydrogen) atoms. The minimum atomic E-state index is 0.507. The minimum Gasteiger partial charge on any atom is -0.329 e. The number of likely N-dealkylation sites (N-methyl/N-ethyl adjacent to an activating group) is 1. The molecule has 1 heterocycles. The second-order valence-corrected chi connectivity index (χ2v) is 5.86. The van der Waals surface area contributed by atoms with Gasteiger partial charge in [0.1, 0.15) is 9.34 Å². The molecule has 1 atom stereocenters. The van der Waals surface area contributed by atoms with Gasteiger partial charge in [0.25, 0.3) is 0 Å². The molecule has 0 aliphatic heterocycles. The summed E-state index contributed by atoms with van der Waals surface area (Å²) < 4.78 is 0.758. The Morgan fingerprint density at radius 3 is 2.93 bits per heavy atom. The second kappa shape index (κ2) is 4.78. The van der Waals surface area contributed by atoms with E-state index in [1.54, 1.807) is 17.5 Å². The molecule has 1 aliphatic rings. The number of hydrogen-bond acceptors (Lipinski definition) is 4. The Balaban J connectivity index is 1.92. The summed E-state index contributed by atoms with van der Waals surface area (Å²) in [7, 11) is 2.12. The normalized spacial score (nSPS) is 18.4. The van der Waals surface area contributed by atoms with Gasteiger partial charge < -0.3 is 5.73 Å². The smallest absolute Gasteiger partial charge is 0.113 e. The quantitative estimate of drug-likeness (QED) is 0.863. The van der Waals surface area contributed by atoms with E-state index in [0.717, 1.165) is 28.4 Å². The zero-order chi connectivity index (χ0) is 10.8. The molecule has 1 unspecified atom stereocenters. The Morgan fingerprint density at radius 1 is 1.73 bits per heavy atom. The summed E-state index contributed by atoms with van der Waals surface area (Å²) in [5.41, 5.74) is 5.79. The highest BCUT2D eigenvalue weighted by atomic mass is 35.5. The molecule has 84 valence electrons. The van der Waals surface area contributed by atoms with Gasteiger partial charge >= 0.3 is 0 Å². The van der Waals surface area contributed by atoms with E-state index in [9.17, 15) is 0 Å². The Hall–Kier alpha value is -0.160. The summed E-state index contributed by atoms with van der Waals surface area (Å²) in [5.74, 6) is 0.801. The number of thiazole rings is 1. The fourth-order valence-corrected chi connectivity index (χ4v) is 2.93. The van der Waals surface area contributed by atoms with Crippen LogP contribution in [-0.4, -0.2) is 29.5 Å². The molecule has 0 radical (unpaired) electrons. The first kappa shape index (κ1) is 11.3. The molecule has 0 saturated heterocycles.